The molecule has 82 valence electrons. The number of benzene rings is 1. The molecule has 0 bridgehead atoms. The average molecular weight is 211 g/mol. The SMILES string of the molecule is CC1(c2cccc(F)c2F)CCNCC1. The van der Waals surface area contributed by atoms with E-state index in [4.69, 9.17) is 0 Å². The van der Waals surface area contributed by atoms with E-state index < -0.39 is 11.6 Å². The van der Waals surface area contributed by atoms with E-state index in [1.54, 1.807) is 12.1 Å². The van der Waals surface area contributed by atoms with Crippen molar-refractivity contribution in [1.82, 2.24) is 5.32 Å². The first-order valence-corrected chi connectivity index (χ1v) is 5.29. The van der Waals surface area contributed by atoms with Crippen LogP contribution in [0, 0.1) is 11.6 Å². The van der Waals surface area contributed by atoms with Crippen LogP contribution < -0.4 is 5.32 Å². The Morgan fingerprint density at radius 2 is 1.87 bits per heavy atom. The van der Waals surface area contributed by atoms with Crippen LogP contribution in [-0.4, -0.2) is 13.1 Å². The maximum absolute atomic E-state index is 13.6. The fourth-order valence-corrected chi connectivity index (χ4v) is 2.22. The Bertz CT molecular complexity index is 357. The van der Waals surface area contributed by atoms with Crippen LogP contribution in [0.3, 0.4) is 0 Å². The Kier molecular flexibility index (Phi) is 2.74. The van der Waals surface area contributed by atoms with Crippen LogP contribution in [0.4, 0.5) is 8.78 Å². The summed E-state index contributed by atoms with van der Waals surface area (Å²) in [6.45, 7) is 3.74. The van der Waals surface area contributed by atoms with Crippen molar-refractivity contribution in [2.45, 2.75) is 25.2 Å². The highest BCUT2D eigenvalue weighted by Gasteiger charge is 2.31. The van der Waals surface area contributed by atoms with Gasteiger partial charge < -0.3 is 5.32 Å². The summed E-state index contributed by atoms with van der Waals surface area (Å²) >= 11 is 0. The molecule has 2 rings (SSSR count). The molecule has 0 spiro atoms. The van der Waals surface area contributed by atoms with Crippen LogP contribution in [0.1, 0.15) is 25.3 Å². The second-order valence-corrected chi connectivity index (χ2v) is 4.41. The van der Waals surface area contributed by atoms with E-state index in [-0.39, 0.29) is 5.41 Å². The van der Waals surface area contributed by atoms with Gasteiger partial charge in [0.15, 0.2) is 11.6 Å². The summed E-state index contributed by atoms with van der Waals surface area (Å²) in [5.41, 5.74) is 0.293. The van der Waals surface area contributed by atoms with Crippen molar-refractivity contribution < 1.29 is 8.78 Å². The van der Waals surface area contributed by atoms with Crippen LogP contribution in [0.2, 0.25) is 0 Å². The monoisotopic (exact) mass is 211 g/mol. The zero-order chi connectivity index (χ0) is 10.9. The predicted octanol–water partition coefficient (Wildman–Crippen LogP) is 2.61. The lowest BCUT2D eigenvalue weighted by Crippen LogP contribution is -2.38. The molecule has 3 heteroatoms. The van der Waals surface area contributed by atoms with E-state index >= 15 is 0 Å². The van der Waals surface area contributed by atoms with Crippen molar-refractivity contribution in [2.75, 3.05) is 13.1 Å². The molecule has 1 aliphatic rings. The molecule has 1 saturated heterocycles. The molecule has 1 aromatic carbocycles. The molecule has 1 N–H and O–H groups in total. The Hall–Kier alpha value is -0.960. The highest BCUT2D eigenvalue weighted by atomic mass is 19.2. The summed E-state index contributed by atoms with van der Waals surface area (Å²) < 4.78 is 26.7. The second-order valence-electron chi connectivity index (χ2n) is 4.41. The molecule has 1 fully saturated rings. The molecular formula is C12H15F2N. The van der Waals surface area contributed by atoms with Crippen LogP contribution in [0.5, 0.6) is 0 Å². The van der Waals surface area contributed by atoms with Gasteiger partial charge in [-0.15, -0.1) is 0 Å². The zero-order valence-electron chi connectivity index (χ0n) is 8.82. The van der Waals surface area contributed by atoms with Gasteiger partial charge in [-0.3, -0.25) is 0 Å². The Morgan fingerprint density at radius 1 is 1.20 bits per heavy atom. The Labute approximate surface area is 88.5 Å². The predicted molar refractivity (Wildman–Crippen MR) is 55.8 cm³/mol. The van der Waals surface area contributed by atoms with Crippen molar-refractivity contribution in [1.29, 1.82) is 0 Å². The van der Waals surface area contributed by atoms with Crippen molar-refractivity contribution in [3.05, 3.63) is 35.4 Å². The van der Waals surface area contributed by atoms with Gasteiger partial charge >= 0.3 is 0 Å². The third-order valence-electron chi connectivity index (χ3n) is 3.31. The smallest absolute Gasteiger partial charge is 0.162 e. The first kappa shape index (κ1) is 10.6. The number of rotatable bonds is 1. The summed E-state index contributed by atoms with van der Waals surface area (Å²) in [5.74, 6) is -1.42. The van der Waals surface area contributed by atoms with Gasteiger partial charge in [-0.25, -0.2) is 8.78 Å². The number of piperidine rings is 1. The number of halogens is 2. The summed E-state index contributed by atoms with van der Waals surface area (Å²) in [6, 6.07) is 4.45. The molecule has 0 unspecified atom stereocenters. The lowest BCUT2D eigenvalue weighted by Gasteiger charge is -2.34. The first-order valence-electron chi connectivity index (χ1n) is 5.29. The van der Waals surface area contributed by atoms with Gasteiger partial charge in [0.2, 0.25) is 0 Å². The summed E-state index contributed by atoms with van der Waals surface area (Å²) in [7, 11) is 0. The summed E-state index contributed by atoms with van der Waals surface area (Å²) in [6.07, 6.45) is 1.71. The minimum Gasteiger partial charge on any atom is -0.317 e. The molecule has 0 atom stereocenters. The van der Waals surface area contributed by atoms with Crippen LogP contribution in [0.25, 0.3) is 0 Å². The average Bonchev–Trinajstić information content (AvgIpc) is 2.23. The van der Waals surface area contributed by atoms with Gasteiger partial charge in [-0.2, -0.15) is 0 Å². The highest BCUT2D eigenvalue weighted by Crippen LogP contribution is 2.34. The minimum absolute atomic E-state index is 0.225. The molecule has 1 heterocycles. The molecule has 1 aliphatic heterocycles. The highest BCUT2D eigenvalue weighted by molar-refractivity contribution is 5.28. The van der Waals surface area contributed by atoms with Crippen molar-refractivity contribution >= 4 is 0 Å². The lowest BCUT2D eigenvalue weighted by atomic mass is 9.75. The first-order chi connectivity index (χ1) is 7.13. The normalized spacial score (nSPS) is 20.2. The molecule has 0 aliphatic carbocycles. The fraction of sp³-hybridized carbons (Fsp3) is 0.500. The van der Waals surface area contributed by atoms with Crippen molar-refractivity contribution in [2.24, 2.45) is 0 Å². The Morgan fingerprint density at radius 3 is 2.53 bits per heavy atom. The second kappa shape index (κ2) is 3.89. The van der Waals surface area contributed by atoms with E-state index in [1.165, 1.54) is 6.07 Å². The van der Waals surface area contributed by atoms with Crippen LogP contribution in [0.15, 0.2) is 18.2 Å². The van der Waals surface area contributed by atoms with E-state index in [2.05, 4.69) is 5.32 Å². The molecule has 0 amide bonds. The molecule has 1 aromatic rings. The molecular weight excluding hydrogens is 196 g/mol. The maximum atomic E-state index is 13.6. The summed E-state index contributed by atoms with van der Waals surface area (Å²) in [4.78, 5) is 0. The third kappa shape index (κ3) is 1.88. The van der Waals surface area contributed by atoms with Gasteiger partial charge in [-0.1, -0.05) is 19.1 Å². The summed E-state index contributed by atoms with van der Waals surface area (Å²) in [5, 5.41) is 3.23. The molecule has 1 nitrogen and oxygen atoms in total. The van der Waals surface area contributed by atoms with Gasteiger partial charge in [0.25, 0.3) is 0 Å². The molecule has 15 heavy (non-hydrogen) atoms. The maximum Gasteiger partial charge on any atom is 0.162 e. The lowest BCUT2D eigenvalue weighted by molar-refractivity contribution is 0.319. The van der Waals surface area contributed by atoms with Gasteiger partial charge in [0.1, 0.15) is 0 Å². The number of hydrogen-bond donors (Lipinski definition) is 1. The van der Waals surface area contributed by atoms with E-state index in [0.29, 0.717) is 5.56 Å². The molecule has 0 saturated carbocycles. The van der Waals surface area contributed by atoms with E-state index in [0.717, 1.165) is 25.9 Å². The number of nitrogens with one attached hydrogen (secondary N) is 1. The number of hydrogen-bond acceptors (Lipinski definition) is 1. The zero-order valence-corrected chi connectivity index (χ0v) is 8.82. The molecule has 0 aromatic heterocycles. The van der Waals surface area contributed by atoms with Gasteiger partial charge in [0, 0.05) is 0 Å². The van der Waals surface area contributed by atoms with Crippen molar-refractivity contribution in [3.63, 3.8) is 0 Å². The van der Waals surface area contributed by atoms with Gasteiger partial charge in [0.05, 0.1) is 0 Å². The minimum atomic E-state index is -0.743. The van der Waals surface area contributed by atoms with E-state index in [9.17, 15) is 8.78 Å². The topological polar surface area (TPSA) is 12.0 Å². The van der Waals surface area contributed by atoms with Crippen molar-refractivity contribution in [3.8, 4) is 0 Å². The fourth-order valence-electron chi connectivity index (χ4n) is 2.22. The van der Waals surface area contributed by atoms with Crippen LogP contribution in [-0.2, 0) is 5.41 Å². The van der Waals surface area contributed by atoms with E-state index in [1.807, 2.05) is 6.92 Å². The Balaban J connectivity index is 2.39. The quantitative estimate of drug-likeness (QED) is 0.753. The van der Waals surface area contributed by atoms with Crippen LogP contribution >= 0.6 is 0 Å². The van der Waals surface area contributed by atoms with Gasteiger partial charge in [-0.05, 0) is 43.0 Å². The third-order valence-corrected chi connectivity index (χ3v) is 3.31. The molecule has 0 radical (unpaired) electrons. The standard InChI is InChI=1S/C12H15F2N/c1-12(5-7-15-8-6-12)9-3-2-4-10(13)11(9)14/h2-4,15H,5-8H2,1H3. The largest absolute Gasteiger partial charge is 0.317 e.